The normalized spacial score (nSPS) is 15.3. The Kier molecular flexibility index (Phi) is 8.07. The first-order valence-electron chi connectivity index (χ1n) is 16.1. The van der Waals surface area contributed by atoms with E-state index in [-0.39, 0.29) is 13.2 Å². The fraction of sp³-hybridized carbons (Fsp3) is 0.150. The van der Waals surface area contributed by atoms with E-state index in [1.807, 2.05) is 121 Å². The number of ether oxygens (including phenoxy) is 2. The summed E-state index contributed by atoms with van der Waals surface area (Å²) in [6.45, 7) is 8.13. The van der Waals surface area contributed by atoms with E-state index in [1.54, 1.807) is 13.8 Å². The summed E-state index contributed by atoms with van der Waals surface area (Å²) in [5.74, 6) is -0.927. The number of carbonyl (C=O) groups is 2. The van der Waals surface area contributed by atoms with Gasteiger partial charge in [0.2, 0.25) is 0 Å². The van der Waals surface area contributed by atoms with E-state index < -0.39 is 11.9 Å². The Bertz CT molecular complexity index is 1910. The van der Waals surface area contributed by atoms with Crippen LogP contribution in [0.3, 0.4) is 0 Å². The highest BCUT2D eigenvalue weighted by Gasteiger charge is 2.48. The molecule has 7 rings (SSSR count). The van der Waals surface area contributed by atoms with Crippen molar-refractivity contribution in [3.05, 3.63) is 165 Å². The predicted molar refractivity (Wildman–Crippen MR) is 186 cm³/mol. The molecular formula is C40H36N4O4. The minimum Gasteiger partial charge on any atom is -0.461 e. The van der Waals surface area contributed by atoms with E-state index >= 15 is 0 Å². The molecule has 3 aliphatic rings. The van der Waals surface area contributed by atoms with Crippen molar-refractivity contribution in [1.82, 2.24) is 20.9 Å². The Hall–Kier alpha value is -6.02. The minimum absolute atomic E-state index is 0.221. The lowest BCUT2D eigenvalue weighted by Gasteiger charge is -2.39. The summed E-state index contributed by atoms with van der Waals surface area (Å²) in [4.78, 5) is 27.6. The molecule has 0 aromatic heterocycles. The van der Waals surface area contributed by atoms with E-state index in [9.17, 15) is 9.59 Å². The second-order valence-corrected chi connectivity index (χ2v) is 11.7. The van der Waals surface area contributed by atoms with Gasteiger partial charge in [-0.1, -0.05) is 108 Å². The molecule has 0 amide bonds. The number of fused-ring (bicyclic) bond motifs is 2. The van der Waals surface area contributed by atoms with Crippen LogP contribution in [0.4, 0.5) is 0 Å². The molecule has 0 aliphatic carbocycles. The zero-order valence-corrected chi connectivity index (χ0v) is 27.3. The van der Waals surface area contributed by atoms with Crippen LogP contribution >= 0.6 is 0 Å². The van der Waals surface area contributed by atoms with Gasteiger partial charge in [0.25, 0.3) is 0 Å². The van der Waals surface area contributed by atoms with Gasteiger partial charge in [0, 0.05) is 22.3 Å². The van der Waals surface area contributed by atoms with Crippen LogP contribution in [0.25, 0.3) is 22.5 Å². The number of hydrazine groups is 2. The number of allylic oxidation sites excluding steroid dienone is 2. The van der Waals surface area contributed by atoms with E-state index in [0.29, 0.717) is 22.5 Å². The lowest BCUT2D eigenvalue weighted by atomic mass is 9.91. The molecule has 48 heavy (non-hydrogen) atoms. The molecule has 2 N–H and O–H groups in total. The smallest absolute Gasteiger partial charge is 0.356 e. The molecule has 8 heteroatoms. The van der Waals surface area contributed by atoms with Crippen LogP contribution in [0.2, 0.25) is 0 Å². The number of nitrogens with one attached hydrogen (secondary N) is 2. The number of esters is 2. The maximum Gasteiger partial charge on any atom is 0.356 e. The van der Waals surface area contributed by atoms with Crippen LogP contribution in [-0.2, 0) is 19.1 Å². The van der Waals surface area contributed by atoms with Gasteiger partial charge in [-0.05, 0) is 51.0 Å². The quantitative estimate of drug-likeness (QED) is 0.201. The number of rotatable bonds is 8. The summed E-state index contributed by atoms with van der Waals surface area (Å²) >= 11 is 0. The second-order valence-electron chi connectivity index (χ2n) is 11.7. The fourth-order valence-corrected chi connectivity index (χ4v) is 6.49. The van der Waals surface area contributed by atoms with Gasteiger partial charge in [0.1, 0.15) is 0 Å². The van der Waals surface area contributed by atoms with Crippen molar-refractivity contribution < 1.29 is 19.1 Å². The summed E-state index contributed by atoms with van der Waals surface area (Å²) in [6, 6.07) is 36.1. The van der Waals surface area contributed by atoms with E-state index in [2.05, 4.69) is 23.0 Å². The van der Waals surface area contributed by atoms with Gasteiger partial charge in [-0.15, -0.1) is 0 Å². The maximum absolute atomic E-state index is 13.8. The molecule has 0 unspecified atom stereocenters. The van der Waals surface area contributed by atoms with Crippen molar-refractivity contribution in [2.24, 2.45) is 0 Å². The molecule has 0 radical (unpaired) electrons. The van der Waals surface area contributed by atoms with Crippen LogP contribution in [-0.4, -0.2) is 35.2 Å². The van der Waals surface area contributed by atoms with Gasteiger partial charge >= 0.3 is 11.9 Å². The lowest BCUT2D eigenvalue weighted by Crippen LogP contribution is -2.42. The SMILES string of the molecule is CCOC(=O)C1=C(c2ccccc2)C2=C(c3cccc(C)c3)N3NC(C(=O)OCC)=C(c4ccccc4)C3=C(c3cccc(C)c3)N2N1. The number of carbonyl (C=O) groups excluding carboxylic acids is 2. The maximum atomic E-state index is 13.8. The average Bonchev–Trinajstić information content (AvgIpc) is 3.68. The number of hydrogen-bond donors (Lipinski definition) is 2. The molecule has 0 atom stereocenters. The third-order valence-electron chi connectivity index (χ3n) is 8.43. The van der Waals surface area contributed by atoms with Crippen molar-refractivity contribution in [1.29, 1.82) is 0 Å². The Balaban J connectivity index is 1.61. The molecule has 4 aromatic rings. The third-order valence-corrected chi connectivity index (χ3v) is 8.43. The second kappa shape index (κ2) is 12.6. The van der Waals surface area contributed by atoms with Crippen molar-refractivity contribution >= 4 is 34.5 Å². The van der Waals surface area contributed by atoms with Gasteiger partial charge in [0.05, 0.1) is 36.0 Å². The van der Waals surface area contributed by atoms with Crippen molar-refractivity contribution in [3.8, 4) is 0 Å². The monoisotopic (exact) mass is 636 g/mol. The summed E-state index contributed by atoms with van der Waals surface area (Å²) in [5.41, 5.74) is 17.6. The average molecular weight is 637 g/mol. The number of benzene rings is 4. The van der Waals surface area contributed by atoms with Crippen molar-refractivity contribution in [2.45, 2.75) is 27.7 Å². The summed E-state index contributed by atoms with van der Waals surface area (Å²) < 4.78 is 11.3. The number of hydrogen-bond acceptors (Lipinski definition) is 8. The van der Waals surface area contributed by atoms with Gasteiger partial charge < -0.3 is 9.47 Å². The predicted octanol–water partition coefficient (Wildman–Crippen LogP) is 6.94. The van der Waals surface area contributed by atoms with Crippen LogP contribution in [0.1, 0.15) is 47.2 Å². The minimum atomic E-state index is -0.463. The fourth-order valence-electron chi connectivity index (χ4n) is 6.49. The van der Waals surface area contributed by atoms with Crippen molar-refractivity contribution in [3.63, 3.8) is 0 Å². The Morgan fingerprint density at radius 3 is 1.25 bits per heavy atom. The molecular weight excluding hydrogens is 600 g/mol. The van der Waals surface area contributed by atoms with Gasteiger partial charge in [-0.25, -0.2) is 9.59 Å². The zero-order chi connectivity index (χ0) is 33.4. The molecule has 0 saturated heterocycles. The Morgan fingerprint density at radius 2 is 0.896 bits per heavy atom. The molecule has 3 heterocycles. The Labute approximate surface area is 280 Å². The summed E-state index contributed by atoms with van der Waals surface area (Å²) in [6.07, 6.45) is 0. The first-order valence-corrected chi connectivity index (χ1v) is 16.1. The lowest BCUT2D eigenvalue weighted by molar-refractivity contribution is -0.140. The standard InChI is InChI=1S/C40H36N4O4/c1-5-47-39(45)33-31(27-17-9-7-10-18-27)37-35(29-21-13-15-25(3)23-29)44-38(36(43(37)41-33)30-22-14-16-26(4)24-30)32(28-19-11-8-12-20-28)34(42-44)40(46)48-6-2/h7-24,41-42H,5-6H2,1-4H3. The van der Waals surface area contributed by atoms with E-state index in [0.717, 1.165) is 56.2 Å². The first kappa shape index (κ1) is 30.6. The van der Waals surface area contributed by atoms with Gasteiger partial charge in [-0.3, -0.25) is 20.9 Å². The van der Waals surface area contributed by atoms with Gasteiger partial charge in [0.15, 0.2) is 11.4 Å². The molecule has 4 aromatic carbocycles. The molecule has 0 saturated carbocycles. The molecule has 3 aliphatic heterocycles. The van der Waals surface area contributed by atoms with E-state index in [4.69, 9.17) is 9.47 Å². The Morgan fingerprint density at radius 1 is 0.521 bits per heavy atom. The highest BCUT2D eigenvalue weighted by atomic mass is 16.5. The van der Waals surface area contributed by atoms with Crippen molar-refractivity contribution in [2.75, 3.05) is 13.2 Å². The highest BCUT2D eigenvalue weighted by molar-refractivity contribution is 6.11. The summed E-state index contributed by atoms with van der Waals surface area (Å²) in [5, 5.41) is 3.96. The largest absolute Gasteiger partial charge is 0.461 e. The molecule has 240 valence electrons. The van der Waals surface area contributed by atoms with Crippen LogP contribution in [0.5, 0.6) is 0 Å². The summed E-state index contributed by atoms with van der Waals surface area (Å²) in [7, 11) is 0. The third kappa shape index (κ3) is 5.21. The van der Waals surface area contributed by atoms with Crippen LogP contribution < -0.4 is 10.9 Å². The highest BCUT2D eigenvalue weighted by Crippen LogP contribution is 2.53. The number of nitrogens with zero attached hydrogens (tertiary/aromatic N) is 2. The topological polar surface area (TPSA) is 83.1 Å². The molecule has 0 spiro atoms. The van der Waals surface area contributed by atoms with Crippen LogP contribution in [0, 0.1) is 13.8 Å². The zero-order valence-electron chi connectivity index (χ0n) is 27.3. The molecule has 8 nitrogen and oxygen atoms in total. The van der Waals surface area contributed by atoms with Gasteiger partial charge in [-0.2, -0.15) is 0 Å². The molecule has 0 fully saturated rings. The van der Waals surface area contributed by atoms with Crippen LogP contribution in [0.15, 0.2) is 132 Å². The van der Waals surface area contributed by atoms with E-state index in [1.165, 1.54) is 0 Å². The number of aryl methyl sites for hydroxylation is 2. The molecule has 0 bridgehead atoms. The first-order chi connectivity index (χ1) is 23.4.